The van der Waals surface area contributed by atoms with Crippen molar-refractivity contribution in [2.75, 3.05) is 23.4 Å². The Balaban J connectivity index is 1.61. The van der Waals surface area contributed by atoms with Gasteiger partial charge in [-0.2, -0.15) is 4.76 Å². The number of sulfonamides is 1. The summed E-state index contributed by atoms with van der Waals surface area (Å²) in [5, 5.41) is 2.95. The van der Waals surface area contributed by atoms with Crippen LogP contribution in [0.4, 0.5) is 15.8 Å². The van der Waals surface area contributed by atoms with E-state index in [-0.39, 0.29) is 34.0 Å². The number of fused-ring (bicyclic) bond motifs is 2. The first kappa shape index (κ1) is 28.2. The first-order valence-electron chi connectivity index (χ1n) is 12.0. The second-order valence-electron chi connectivity index (χ2n) is 9.88. The van der Waals surface area contributed by atoms with E-state index >= 15 is 0 Å². The summed E-state index contributed by atoms with van der Waals surface area (Å²) >= 11 is 6.00. The van der Waals surface area contributed by atoms with E-state index in [1.54, 1.807) is 31.2 Å². The molecule has 0 bridgehead atoms. The zero-order valence-electron chi connectivity index (χ0n) is 21.6. The van der Waals surface area contributed by atoms with E-state index in [0.717, 1.165) is 6.26 Å². The van der Waals surface area contributed by atoms with Crippen molar-refractivity contribution >= 4 is 63.2 Å². The number of carbonyl (C=O) groups excluding carboxylic acids is 2. The van der Waals surface area contributed by atoms with Crippen molar-refractivity contribution in [3.05, 3.63) is 88.2 Å². The molecule has 0 saturated heterocycles. The summed E-state index contributed by atoms with van der Waals surface area (Å²) in [6.07, 6.45) is 1.09. The highest BCUT2D eigenvalue weighted by molar-refractivity contribution is 7.92. The highest BCUT2D eigenvalue weighted by Crippen LogP contribution is 2.52. The number of nitrogens with one attached hydrogen (secondary N) is 2. The van der Waals surface area contributed by atoms with E-state index < -0.39 is 46.3 Å². The maximum Gasteiger partial charge on any atom is 0.348 e. The van der Waals surface area contributed by atoms with Gasteiger partial charge in [0.05, 0.1) is 27.7 Å². The average molecular weight is 604 g/mol. The monoisotopic (exact) mass is 603 g/mol. The number of anilines is 2. The van der Waals surface area contributed by atoms with Crippen molar-refractivity contribution in [2.24, 2.45) is 10.7 Å². The molecule has 40 heavy (non-hydrogen) atoms. The zero-order chi connectivity index (χ0) is 29.0. The third kappa shape index (κ3) is 4.88. The minimum Gasteiger partial charge on any atom is -0.342 e. The number of benzene rings is 3. The van der Waals surface area contributed by atoms with E-state index in [2.05, 4.69) is 14.8 Å². The first-order valence-corrected chi connectivity index (χ1v) is 15.9. The Bertz CT molecular complexity index is 1780. The predicted octanol–water partition coefficient (Wildman–Crippen LogP) is 4.72. The van der Waals surface area contributed by atoms with Crippen molar-refractivity contribution < 1.29 is 31.5 Å². The molecule has 0 radical (unpaired) electrons. The average Bonchev–Trinajstić information content (AvgIpc) is 2.89. The summed E-state index contributed by atoms with van der Waals surface area (Å²) in [6, 6.07) is 15.2. The standard InChI is InChI=1S/C27H24ClFN3O6PS/c1-27(14-15-8-10-20(29)19(28)12-15)18-7-5-4-6-17(18)24(33)23(25(27)34)26-30-21-11-9-16(32-40(3,36)37)13-22(21)39(35,31-26)38-2/h4-13,23,32H,14H2,1-3H3,(H,30,31,35). The largest absolute Gasteiger partial charge is 0.348 e. The number of ketones is 2. The molecular formula is C27H24ClFN3O6PS. The fourth-order valence-corrected chi connectivity index (χ4v) is 7.50. The Labute approximate surface area is 235 Å². The van der Waals surface area contributed by atoms with Crippen LogP contribution in [-0.2, 0) is 35.7 Å². The molecule has 3 unspecified atom stereocenters. The summed E-state index contributed by atoms with van der Waals surface area (Å²) in [7, 11) is -6.47. The van der Waals surface area contributed by atoms with Gasteiger partial charge in [0.1, 0.15) is 17.6 Å². The third-order valence-electron chi connectivity index (χ3n) is 7.03. The Morgan fingerprint density at radius 2 is 1.88 bits per heavy atom. The molecule has 0 fully saturated rings. The maximum absolute atomic E-state index is 14.2. The van der Waals surface area contributed by atoms with Crippen LogP contribution in [0, 0.1) is 11.7 Å². The van der Waals surface area contributed by atoms with Gasteiger partial charge in [-0.3, -0.25) is 18.9 Å². The van der Waals surface area contributed by atoms with E-state index in [1.165, 1.54) is 43.5 Å². The highest BCUT2D eigenvalue weighted by Gasteiger charge is 2.52. The summed E-state index contributed by atoms with van der Waals surface area (Å²) < 4.78 is 63.0. The van der Waals surface area contributed by atoms with E-state index in [1.807, 2.05) is 0 Å². The molecule has 0 amide bonds. The molecule has 9 nitrogen and oxygen atoms in total. The van der Waals surface area contributed by atoms with Crippen LogP contribution in [0.3, 0.4) is 0 Å². The lowest BCUT2D eigenvalue weighted by Gasteiger charge is -2.39. The predicted molar refractivity (Wildman–Crippen MR) is 152 cm³/mol. The van der Waals surface area contributed by atoms with E-state index in [0.29, 0.717) is 16.7 Å². The van der Waals surface area contributed by atoms with Crippen LogP contribution < -0.4 is 15.3 Å². The zero-order valence-corrected chi connectivity index (χ0v) is 24.0. The molecule has 1 aliphatic heterocycles. The Morgan fingerprint density at radius 3 is 2.55 bits per heavy atom. The van der Waals surface area contributed by atoms with Crippen molar-refractivity contribution in [1.82, 2.24) is 0 Å². The van der Waals surface area contributed by atoms with Gasteiger partial charge in [0.25, 0.3) is 0 Å². The van der Waals surface area contributed by atoms with Gasteiger partial charge in [-0.1, -0.05) is 41.9 Å². The summed E-state index contributed by atoms with van der Waals surface area (Å²) in [4.78, 5) is 28.0. The summed E-state index contributed by atoms with van der Waals surface area (Å²) in [5.74, 6) is -3.20. The topological polar surface area (TPSA) is 131 Å². The lowest BCUT2D eigenvalue weighted by Crippen LogP contribution is -2.52. The second-order valence-corrected chi connectivity index (χ2v) is 14.1. The number of carbonyl (C=O) groups is 2. The van der Waals surface area contributed by atoms with Crippen molar-refractivity contribution in [1.29, 1.82) is 0 Å². The molecule has 3 atom stereocenters. The summed E-state index contributed by atoms with van der Waals surface area (Å²) in [6.45, 7) is 1.70. The third-order valence-corrected chi connectivity index (χ3v) is 9.87. The van der Waals surface area contributed by atoms with Gasteiger partial charge < -0.3 is 9.84 Å². The Kier molecular flexibility index (Phi) is 6.99. The molecule has 2 N–H and O–H groups in total. The number of nitrogens with zero attached hydrogens (tertiary/aromatic N) is 1. The Hall–Kier alpha value is -3.37. The molecule has 1 aliphatic carbocycles. The Morgan fingerprint density at radius 1 is 1.15 bits per heavy atom. The fraction of sp³-hybridized carbons (Fsp3) is 0.222. The highest BCUT2D eigenvalue weighted by atomic mass is 35.5. The minimum absolute atomic E-state index is 0.0761. The number of Topliss-reactive ketones (excluding diaryl/α,β-unsaturated/α-hetero) is 2. The lowest BCUT2D eigenvalue weighted by molar-refractivity contribution is -0.125. The first-order chi connectivity index (χ1) is 18.8. The van der Waals surface area contributed by atoms with Gasteiger partial charge in [0, 0.05) is 18.4 Å². The van der Waals surface area contributed by atoms with E-state index in [4.69, 9.17) is 16.1 Å². The quantitative estimate of drug-likeness (QED) is 0.308. The number of hydrogen-bond donors (Lipinski definition) is 2. The molecule has 2 aliphatic rings. The maximum atomic E-state index is 14.2. The number of amidine groups is 1. The number of rotatable bonds is 6. The van der Waals surface area contributed by atoms with Gasteiger partial charge in [-0.05, 0) is 54.8 Å². The van der Waals surface area contributed by atoms with Crippen LogP contribution in [0.2, 0.25) is 5.02 Å². The van der Waals surface area contributed by atoms with Crippen LogP contribution in [0.1, 0.15) is 28.4 Å². The lowest BCUT2D eigenvalue weighted by atomic mass is 9.63. The molecule has 0 spiro atoms. The fourth-order valence-electron chi connectivity index (χ4n) is 5.17. The van der Waals surface area contributed by atoms with Gasteiger partial charge in [-0.15, -0.1) is 0 Å². The molecule has 3 aromatic rings. The molecule has 3 aromatic carbocycles. The van der Waals surface area contributed by atoms with Crippen LogP contribution in [0.5, 0.6) is 0 Å². The van der Waals surface area contributed by atoms with Gasteiger partial charge in [0.2, 0.25) is 10.0 Å². The van der Waals surface area contributed by atoms with Crippen LogP contribution in [0.25, 0.3) is 0 Å². The molecule has 0 aromatic heterocycles. The van der Waals surface area contributed by atoms with Crippen molar-refractivity contribution in [3.8, 4) is 0 Å². The molecule has 13 heteroatoms. The van der Waals surface area contributed by atoms with Crippen molar-refractivity contribution in [2.45, 2.75) is 18.8 Å². The second kappa shape index (κ2) is 9.92. The molecule has 0 saturated carbocycles. The molecular weight excluding hydrogens is 580 g/mol. The van der Waals surface area contributed by atoms with Crippen LogP contribution >= 0.6 is 19.1 Å². The number of halogens is 2. The van der Waals surface area contributed by atoms with E-state index in [9.17, 15) is 27.0 Å². The van der Waals surface area contributed by atoms with Crippen molar-refractivity contribution in [3.63, 3.8) is 0 Å². The van der Waals surface area contributed by atoms with Gasteiger partial charge >= 0.3 is 7.52 Å². The smallest absolute Gasteiger partial charge is 0.342 e. The summed E-state index contributed by atoms with van der Waals surface area (Å²) in [5.41, 5.74) is 0.538. The minimum atomic E-state index is -4.03. The van der Waals surface area contributed by atoms with Gasteiger partial charge in [-0.25, -0.2) is 12.8 Å². The number of hydrogen-bond acceptors (Lipinski definition) is 7. The molecule has 1 heterocycles. The van der Waals surface area contributed by atoms with Crippen LogP contribution in [-0.4, -0.2) is 39.2 Å². The van der Waals surface area contributed by atoms with Gasteiger partial charge in [0.15, 0.2) is 11.6 Å². The van der Waals surface area contributed by atoms with Crippen LogP contribution in [0.15, 0.2) is 65.4 Å². The SMILES string of the molecule is COP1(=O)N=C(C2C(=O)c3ccccc3C(C)(Cc3ccc(F)c(Cl)c3)C2=O)Nc2ccc(NS(C)(=O)=O)cc21. The normalized spacial score (nSPS) is 24.0. The molecule has 5 rings (SSSR count). The molecule has 208 valence electrons.